The Kier molecular flexibility index (Phi) is 3.99. The summed E-state index contributed by atoms with van der Waals surface area (Å²) in [4.78, 5) is 9.80. The number of aromatic nitrogens is 2. The molecule has 2 aromatic rings. The van der Waals surface area contributed by atoms with Gasteiger partial charge in [0.05, 0.1) is 6.10 Å². The van der Waals surface area contributed by atoms with E-state index in [-0.39, 0.29) is 0 Å². The molecule has 94 valence electrons. The van der Waals surface area contributed by atoms with Gasteiger partial charge in [-0.05, 0) is 50.2 Å². The Balaban J connectivity index is 2.34. The first kappa shape index (κ1) is 13.1. The second kappa shape index (κ2) is 5.50. The van der Waals surface area contributed by atoms with Crippen molar-refractivity contribution >= 4 is 11.8 Å². The molecule has 0 saturated carbocycles. The van der Waals surface area contributed by atoms with Crippen molar-refractivity contribution in [2.45, 2.75) is 36.9 Å². The zero-order chi connectivity index (χ0) is 13.1. The van der Waals surface area contributed by atoms with E-state index in [0.717, 1.165) is 27.0 Å². The first-order chi connectivity index (χ1) is 8.56. The summed E-state index contributed by atoms with van der Waals surface area (Å²) in [5.41, 5.74) is 2.82. The van der Waals surface area contributed by atoms with Crippen LogP contribution in [0.15, 0.2) is 40.4 Å². The topological polar surface area (TPSA) is 46.0 Å². The zero-order valence-corrected chi connectivity index (χ0v) is 11.5. The lowest BCUT2D eigenvalue weighted by Gasteiger charge is -2.10. The molecule has 0 aliphatic rings. The van der Waals surface area contributed by atoms with Gasteiger partial charge in [0.2, 0.25) is 0 Å². The number of hydrogen-bond donors (Lipinski definition) is 1. The predicted octanol–water partition coefficient (Wildman–Crippen LogP) is 3.30. The van der Waals surface area contributed by atoms with Crippen LogP contribution in [-0.4, -0.2) is 15.1 Å². The fourth-order valence-corrected chi connectivity index (χ4v) is 2.84. The van der Waals surface area contributed by atoms with Gasteiger partial charge in [0, 0.05) is 16.3 Å². The minimum Gasteiger partial charge on any atom is -0.389 e. The van der Waals surface area contributed by atoms with Crippen LogP contribution >= 0.6 is 11.8 Å². The minimum atomic E-state index is -0.486. The molecule has 0 spiro atoms. The van der Waals surface area contributed by atoms with Crippen molar-refractivity contribution in [1.29, 1.82) is 0 Å². The van der Waals surface area contributed by atoms with Gasteiger partial charge in [-0.25, -0.2) is 9.97 Å². The highest BCUT2D eigenvalue weighted by Gasteiger charge is 2.10. The van der Waals surface area contributed by atoms with E-state index in [1.54, 1.807) is 6.92 Å². The van der Waals surface area contributed by atoms with E-state index < -0.39 is 6.10 Å². The Morgan fingerprint density at radius 2 is 1.72 bits per heavy atom. The van der Waals surface area contributed by atoms with Crippen molar-refractivity contribution in [2.75, 3.05) is 0 Å². The molecule has 4 heteroatoms. The third-order valence-electron chi connectivity index (χ3n) is 2.53. The molecule has 1 atom stereocenters. The molecule has 0 radical (unpaired) electrons. The van der Waals surface area contributed by atoms with E-state index in [1.165, 1.54) is 11.8 Å². The summed E-state index contributed by atoms with van der Waals surface area (Å²) in [5, 5.41) is 10.5. The number of aryl methyl sites for hydroxylation is 2. The molecule has 1 aromatic heterocycles. The van der Waals surface area contributed by atoms with Crippen LogP contribution < -0.4 is 0 Å². The van der Waals surface area contributed by atoms with Crippen molar-refractivity contribution in [3.8, 4) is 0 Å². The van der Waals surface area contributed by atoms with Crippen LogP contribution in [0.1, 0.15) is 30.0 Å². The molecule has 1 aromatic carbocycles. The van der Waals surface area contributed by atoms with Crippen molar-refractivity contribution in [3.05, 3.63) is 47.3 Å². The number of aliphatic hydroxyl groups is 1. The van der Waals surface area contributed by atoms with Crippen LogP contribution in [0.5, 0.6) is 0 Å². The van der Waals surface area contributed by atoms with E-state index in [9.17, 15) is 5.11 Å². The second-order valence-electron chi connectivity index (χ2n) is 4.25. The van der Waals surface area contributed by atoms with Crippen LogP contribution in [0.3, 0.4) is 0 Å². The lowest BCUT2D eigenvalue weighted by atomic mass is 10.1. The predicted molar refractivity (Wildman–Crippen MR) is 72.7 cm³/mol. The average Bonchev–Trinajstić information content (AvgIpc) is 2.27. The SMILES string of the molecule is Cc1cc(C)nc(Sc2ccccc2C(C)O)n1. The molecule has 2 rings (SSSR count). The average molecular weight is 260 g/mol. The van der Waals surface area contributed by atoms with Crippen molar-refractivity contribution in [3.63, 3.8) is 0 Å². The molecule has 0 bridgehead atoms. The highest BCUT2D eigenvalue weighted by Crippen LogP contribution is 2.31. The van der Waals surface area contributed by atoms with Gasteiger partial charge in [-0.3, -0.25) is 0 Å². The quantitative estimate of drug-likeness (QED) is 0.860. The highest BCUT2D eigenvalue weighted by molar-refractivity contribution is 7.99. The molecule has 3 nitrogen and oxygen atoms in total. The summed E-state index contributed by atoms with van der Waals surface area (Å²) in [5.74, 6) is 0. The van der Waals surface area contributed by atoms with E-state index in [2.05, 4.69) is 9.97 Å². The zero-order valence-electron chi connectivity index (χ0n) is 10.7. The molecule has 0 fully saturated rings. The third-order valence-corrected chi connectivity index (χ3v) is 3.49. The second-order valence-corrected chi connectivity index (χ2v) is 5.26. The summed E-state index contributed by atoms with van der Waals surface area (Å²) in [6.07, 6.45) is -0.486. The summed E-state index contributed by atoms with van der Waals surface area (Å²) < 4.78 is 0. The van der Waals surface area contributed by atoms with Crippen molar-refractivity contribution in [2.24, 2.45) is 0 Å². The number of nitrogens with zero attached hydrogens (tertiary/aromatic N) is 2. The normalized spacial score (nSPS) is 12.4. The van der Waals surface area contributed by atoms with Crippen molar-refractivity contribution in [1.82, 2.24) is 9.97 Å². The van der Waals surface area contributed by atoms with Crippen molar-refractivity contribution < 1.29 is 5.11 Å². The maximum atomic E-state index is 9.74. The molecule has 0 aliphatic carbocycles. The van der Waals surface area contributed by atoms with Gasteiger partial charge in [-0.2, -0.15) is 0 Å². The van der Waals surface area contributed by atoms with Crippen LogP contribution in [0.4, 0.5) is 0 Å². The number of hydrogen-bond acceptors (Lipinski definition) is 4. The number of rotatable bonds is 3. The van der Waals surface area contributed by atoms with E-state index >= 15 is 0 Å². The maximum Gasteiger partial charge on any atom is 0.192 e. The molecule has 18 heavy (non-hydrogen) atoms. The van der Waals surface area contributed by atoms with E-state index in [1.807, 2.05) is 44.2 Å². The van der Waals surface area contributed by atoms with Gasteiger partial charge in [0.1, 0.15) is 0 Å². The standard InChI is InChI=1S/C14H16N2OS/c1-9-8-10(2)16-14(15-9)18-13-7-5-4-6-12(13)11(3)17/h4-8,11,17H,1-3H3. The Morgan fingerprint density at radius 3 is 2.33 bits per heavy atom. The molecule has 1 N–H and O–H groups in total. The third kappa shape index (κ3) is 3.09. The van der Waals surface area contributed by atoms with Crippen LogP contribution in [0.25, 0.3) is 0 Å². The van der Waals surface area contributed by atoms with Crippen LogP contribution in [-0.2, 0) is 0 Å². The molecule has 0 saturated heterocycles. The van der Waals surface area contributed by atoms with Gasteiger partial charge >= 0.3 is 0 Å². The summed E-state index contributed by atoms with van der Waals surface area (Å²) in [7, 11) is 0. The van der Waals surface area contributed by atoms with Crippen LogP contribution in [0.2, 0.25) is 0 Å². The fourth-order valence-electron chi connectivity index (χ4n) is 1.76. The van der Waals surface area contributed by atoms with Gasteiger partial charge in [-0.1, -0.05) is 18.2 Å². The summed E-state index contributed by atoms with van der Waals surface area (Å²) in [6, 6.07) is 9.74. The molecular weight excluding hydrogens is 244 g/mol. The minimum absolute atomic E-state index is 0.486. The number of aliphatic hydroxyl groups excluding tert-OH is 1. The smallest absolute Gasteiger partial charge is 0.192 e. The maximum absolute atomic E-state index is 9.74. The van der Waals surface area contributed by atoms with E-state index in [4.69, 9.17) is 0 Å². The Bertz CT molecular complexity index is 535. The van der Waals surface area contributed by atoms with E-state index in [0.29, 0.717) is 0 Å². The van der Waals surface area contributed by atoms with Gasteiger partial charge in [0.25, 0.3) is 0 Å². The lowest BCUT2D eigenvalue weighted by molar-refractivity contribution is 0.196. The Morgan fingerprint density at radius 1 is 1.11 bits per heavy atom. The van der Waals surface area contributed by atoms with Gasteiger partial charge in [0.15, 0.2) is 5.16 Å². The molecule has 1 heterocycles. The first-order valence-electron chi connectivity index (χ1n) is 5.83. The Hall–Kier alpha value is -1.39. The summed E-state index contributed by atoms with van der Waals surface area (Å²) in [6.45, 7) is 5.68. The fraction of sp³-hybridized carbons (Fsp3) is 0.286. The lowest BCUT2D eigenvalue weighted by Crippen LogP contribution is -1.96. The van der Waals surface area contributed by atoms with Crippen LogP contribution in [0, 0.1) is 13.8 Å². The summed E-state index contributed by atoms with van der Waals surface area (Å²) >= 11 is 1.49. The molecule has 0 amide bonds. The molecule has 1 unspecified atom stereocenters. The first-order valence-corrected chi connectivity index (χ1v) is 6.65. The number of benzene rings is 1. The largest absolute Gasteiger partial charge is 0.389 e. The van der Waals surface area contributed by atoms with Gasteiger partial charge < -0.3 is 5.11 Å². The highest BCUT2D eigenvalue weighted by atomic mass is 32.2. The van der Waals surface area contributed by atoms with Gasteiger partial charge in [-0.15, -0.1) is 0 Å². The molecular formula is C14H16N2OS. The monoisotopic (exact) mass is 260 g/mol. The Labute approximate surface area is 111 Å². The molecule has 0 aliphatic heterocycles.